The van der Waals surface area contributed by atoms with Crippen molar-refractivity contribution >= 4 is 103 Å². The van der Waals surface area contributed by atoms with Crippen molar-refractivity contribution in [3.05, 3.63) is 224 Å². The zero-order chi connectivity index (χ0) is 41.4. The summed E-state index contributed by atoms with van der Waals surface area (Å²) in [5.41, 5.74) is 12.2. The minimum atomic E-state index is 0.891. The molecule has 2 heterocycles. The molecule has 0 unspecified atom stereocenters. The molecular weight excluding hydrogens is 783 g/mol. The van der Waals surface area contributed by atoms with E-state index in [1.165, 1.54) is 69.4 Å². The Morgan fingerprint density at radius 1 is 0.333 bits per heavy atom. The van der Waals surface area contributed by atoms with E-state index >= 15 is 0 Å². The first kappa shape index (κ1) is 35.7. The van der Waals surface area contributed by atoms with E-state index in [0.717, 1.165) is 55.5 Å². The van der Waals surface area contributed by atoms with Gasteiger partial charge in [0.15, 0.2) is 0 Å². The third-order valence-electron chi connectivity index (χ3n) is 12.8. The van der Waals surface area contributed by atoms with Crippen LogP contribution in [-0.4, -0.2) is 0 Å². The van der Waals surface area contributed by atoms with Crippen LogP contribution in [-0.2, 0) is 0 Å². The van der Waals surface area contributed by atoms with Crippen LogP contribution in [0.2, 0.25) is 0 Å². The van der Waals surface area contributed by atoms with E-state index in [2.05, 4.69) is 229 Å². The predicted octanol–water partition coefficient (Wildman–Crippen LogP) is 17.9. The lowest BCUT2D eigenvalue weighted by atomic mass is 9.93. The van der Waals surface area contributed by atoms with Crippen LogP contribution in [0.25, 0.3) is 108 Å². The second-order valence-electron chi connectivity index (χ2n) is 16.4. The van der Waals surface area contributed by atoms with Crippen molar-refractivity contribution < 1.29 is 4.42 Å². The van der Waals surface area contributed by atoms with Gasteiger partial charge in [0.2, 0.25) is 0 Å². The molecule has 2 aromatic heterocycles. The molecule has 0 aliphatic heterocycles. The molecule has 294 valence electrons. The van der Waals surface area contributed by atoms with Gasteiger partial charge in [-0.3, -0.25) is 0 Å². The minimum Gasteiger partial charge on any atom is -0.455 e. The third kappa shape index (κ3) is 5.78. The summed E-state index contributed by atoms with van der Waals surface area (Å²) in [5.74, 6) is 0. The Morgan fingerprint density at radius 3 is 1.76 bits per heavy atom. The van der Waals surface area contributed by atoms with Crippen molar-refractivity contribution in [1.29, 1.82) is 0 Å². The number of benzene rings is 11. The highest BCUT2D eigenvalue weighted by molar-refractivity contribution is 7.26. The first-order valence-corrected chi connectivity index (χ1v) is 22.3. The van der Waals surface area contributed by atoms with Gasteiger partial charge in [0.05, 0.1) is 0 Å². The number of nitrogens with zero attached hydrogens (tertiary/aromatic N) is 1. The van der Waals surface area contributed by atoms with Gasteiger partial charge in [0.25, 0.3) is 0 Å². The number of hydrogen-bond donors (Lipinski definition) is 0. The number of fused-ring (bicyclic) bond motifs is 11. The maximum Gasteiger partial charge on any atom is 0.143 e. The molecule has 0 radical (unpaired) electrons. The van der Waals surface area contributed by atoms with E-state index in [-0.39, 0.29) is 0 Å². The van der Waals surface area contributed by atoms with Gasteiger partial charge in [-0.15, -0.1) is 11.3 Å². The normalized spacial score (nSPS) is 11.8. The van der Waals surface area contributed by atoms with Crippen molar-refractivity contribution in [3.8, 4) is 33.4 Å². The largest absolute Gasteiger partial charge is 0.455 e. The number of rotatable bonds is 6. The highest BCUT2D eigenvalue weighted by Crippen LogP contribution is 2.45. The molecule has 0 saturated carbocycles. The summed E-state index contributed by atoms with van der Waals surface area (Å²) in [6.07, 6.45) is 0. The topological polar surface area (TPSA) is 16.4 Å². The molecule has 0 N–H and O–H groups in total. The fourth-order valence-electron chi connectivity index (χ4n) is 9.90. The second kappa shape index (κ2) is 14.3. The Morgan fingerprint density at radius 2 is 0.952 bits per heavy atom. The molecule has 0 spiro atoms. The van der Waals surface area contributed by atoms with Crippen molar-refractivity contribution in [2.24, 2.45) is 0 Å². The maximum atomic E-state index is 6.62. The van der Waals surface area contributed by atoms with E-state index < -0.39 is 0 Å². The first-order valence-electron chi connectivity index (χ1n) is 21.5. The van der Waals surface area contributed by atoms with Gasteiger partial charge in [-0.1, -0.05) is 164 Å². The standard InChI is InChI=1S/C60H37NOS/c1-4-17-48-38(12-1)30-35-54-58-47(21-11-24-56(58)62-59(48)54)41-14-9-15-45(36-41)61(43-31-26-39(27-32-43)49-22-10-23-53-52-20-7-8-25-57(52)63-60(49)53)44-33-28-40(29-34-44)55-37-42-13-2-3-16-46(42)50-18-5-6-19-51(50)55/h1-37H. The SMILES string of the molecule is c1cc(-c2cccc3oc4c5ccccc5ccc4c23)cc(N(c2ccc(-c3cc4ccccc4c4ccccc34)cc2)c2ccc(-c3cccc4c3sc3ccccc34)cc2)c1. The van der Waals surface area contributed by atoms with Gasteiger partial charge in [0.1, 0.15) is 11.2 Å². The van der Waals surface area contributed by atoms with Crippen molar-refractivity contribution in [2.45, 2.75) is 0 Å². The molecule has 3 heteroatoms. The lowest BCUT2D eigenvalue weighted by Gasteiger charge is -2.26. The first-order chi connectivity index (χ1) is 31.2. The smallest absolute Gasteiger partial charge is 0.143 e. The molecule has 0 atom stereocenters. The molecule has 0 fully saturated rings. The van der Waals surface area contributed by atoms with Crippen LogP contribution >= 0.6 is 11.3 Å². The summed E-state index contributed by atoms with van der Waals surface area (Å²) in [6.45, 7) is 0. The number of anilines is 3. The molecule has 0 aliphatic rings. The Bertz CT molecular complexity index is 3910. The molecule has 0 bridgehead atoms. The Labute approximate surface area is 368 Å². The molecule has 11 aromatic carbocycles. The fraction of sp³-hybridized carbons (Fsp3) is 0. The average molecular weight is 820 g/mol. The predicted molar refractivity (Wildman–Crippen MR) is 270 cm³/mol. The molecule has 13 rings (SSSR count). The second-order valence-corrected chi connectivity index (χ2v) is 17.4. The number of furan rings is 1. The average Bonchev–Trinajstić information content (AvgIpc) is 3.94. The van der Waals surface area contributed by atoms with E-state index in [1.807, 2.05) is 11.3 Å². The summed E-state index contributed by atoms with van der Waals surface area (Å²) in [7, 11) is 0. The number of hydrogen-bond acceptors (Lipinski definition) is 3. The summed E-state index contributed by atoms with van der Waals surface area (Å²) in [4.78, 5) is 2.39. The van der Waals surface area contributed by atoms with Gasteiger partial charge < -0.3 is 9.32 Å². The van der Waals surface area contributed by atoms with Crippen molar-refractivity contribution in [3.63, 3.8) is 0 Å². The summed E-state index contributed by atoms with van der Waals surface area (Å²) in [5, 5.41) is 12.2. The van der Waals surface area contributed by atoms with E-state index in [1.54, 1.807) is 0 Å². The Balaban J connectivity index is 0.958. The zero-order valence-corrected chi connectivity index (χ0v) is 34.9. The molecule has 63 heavy (non-hydrogen) atoms. The van der Waals surface area contributed by atoms with Crippen LogP contribution in [0.4, 0.5) is 17.1 Å². The van der Waals surface area contributed by atoms with Gasteiger partial charge >= 0.3 is 0 Å². The maximum absolute atomic E-state index is 6.62. The lowest BCUT2D eigenvalue weighted by molar-refractivity contribution is 0.673. The van der Waals surface area contributed by atoms with Crippen molar-refractivity contribution in [2.75, 3.05) is 4.90 Å². The van der Waals surface area contributed by atoms with Gasteiger partial charge in [0, 0.05) is 53.4 Å². The summed E-state index contributed by atoms with van der Waals surface area (Å²) < 4.78 is 9.26. The zero-order valence-electron chi connectivity index (χ0n) is 34.1. The molecule has 0 aliphatic carbocycles. The van der Waals surface area contributed by atoms with Gasteiger partial charge in [-0.25, -0.2) is 0 Å². The summed E-state index contributed by atoms with van der Waals surface area (Å²) in [6, 6.07) is 81.7. The fourth-order valence-corrected chi connectivity index (χ4v) is 11.1. The molecule has 2 nitrogen and oxygen atoms in total. The van der Waals surface area contributed by atoms with Crippen molar-refractivity contribution in [1.82, 2.24) is 0 Å². The van der Waals surface area contributed by atoms with Crippen LogP contribution in [0.5, 0.6) is 0 Å². The van der Waals surface area contributed by atoms with Gasteiger partial charge in [-0.05, 0) is 121 Å². The molecule has 0 amide bonds. The van der Waals surface area contributed by atoms with E-state index in [4.69, 9.17) is 4.42 Å². The quantitative estimate of drug-likeness (QED) is 0.155. The van der Waals surface area contributed by atoms with E-state index in [0.29, 0.717) is 0 Å². The molecule has 0 saturated heterocycles. The van der Waals surface area contributed by atoms with Crippen LogP contribution < -0.4 is 4.90 Å². The van der Waals surface area contributed by atoms with Crippen LogP contribution in [0.1, 0.15) is 0 Å². The van der Waals surface area contributed by atoms with E-state index in [9.17, 15) is 0 Å². The third-order valence-corrected chi connectivity index (χ3v) is 14.1. The molecule has 13 aromatic rings. The lowest BCUT2D eigenvalue weighted by Crippen LogP contribution is -2.10. The van der Waals surface area contributed by atoms with Crippen LogP contribution in [0.3, 0.4) is 0 Å². The van der Waals surface area contributed by atoms with Crippen LogP contribution in [0, 0.1) is 0 Å². The highest BCUT2D eigenvalue weighted by Gasteiger charge is 2.19. The van der Waals surface area contributed by atoms with Crippen LogP contribution in [0.15, 0.2) is 229 Å². The van der Waals surface area contributed by atoms with Gasteiger partial charge in [-0.2, -0.15) is 0 Å². The Hall–Kier alpha value is -7.98. The summed E-state index contributed by atoms with van der Waals surface area (Å²) >= 11 is 1.87. The molecular formula is C60H37NOS. The highest BCUT2D eigenvalue weighted by atomic mass is 32.1. The number of thiophene rings is 1. The minimum absolute atomic E-state index is 0.891. The Kier molecular flexibility index (Phi) is 8.12. The monoisotopic (exact) mass is 819 g/mol.